The van der Waals surface area contributed by atoms with Crippen molar-refractivity contribution in [3.05, 3.63) is 0 Å². The Kier molecular flexibility index (Phi) is 3.23. The molecule has 0 amide bonds. The molecular formula is C10H17O5P. The zero-order valence-corrected chi connectivity index (χ0v) is 10.5. The second-order valence-corrected chi connectivity index (χ2v) is 6.19. The monoisotopic (exact) mass is 248 g/mol. The fourth-order valence-corrected chi connectivity index (χ4v) is 4.36. The molecule has 2 unspecified atom stereocenters. The van der Waals surface area contributed by atoms with Crippen LogP contribution in [0.15, 0.2) is 0 Å². The highest BCUT2D eigenvalue weighted by molar-refractivity contribution is 7.54. The van der Waals surface area contributed by atoms with Gasteiger partial charge in [0, 0.05) is 6.42 Å². The van der Waals surface area contributed by atoms with E-state index in [2.05, 4.69) is 0 Å². The van der Waals surface area contributed by atoms with Gasteiger partial charge in [-0.15, -0.1) is 0 Å². The number of ketones is 1. The van der Waals surface area contributed by atoms with Crippen molar-refractivity contribution in [3.8, 4) is 0 Å². The highest BCUT2D eigenvalue weighted by atomic mass is 31.2. The SMILES string of the molecule is CCOP(=O)(CC12CCC(=O)C1O2)OCC. The van der Waals surface area contributed by atoms with Crippen LogP contribution in [0.3, 0.4) is 0 Å². The Hall–Kier alpha value is -0.220. The molecule has 1 heterocycles. The topological polar surface area (TPSA) is 65.1 Å². The number of carbonyl (C=O) groups excluding carboxylic acids is 1. The molecule has 2 atom stereocenters. The molecule has 2 rings (SSSR count). The molecule has 5 nitrogen and oxygen atoms in total. The van der Waals surface area contributed by atoms with Crippen LogP contribution in [0.4, 0.5) is 0 Å². The lowest BCUT2D eigenvalue weighted by Crippen LogP contribution is -2.19. The highest BCUT2D eigenvalue weighted by Crippen LogP contribution is 2.59. The molecule has 0 bridgehead atoms. The van der Waals surface area contributed by atoms with Crippen LogP contribution in [0.25, 0.3) is 0 Å². The van der Waals surface area contributed by atoms with Gasteiger partial charge in [0.15, 0.2) is 5.78 Å². The van der Waals surface area contributed by atoms with Crippen LogP contribution in [-0.4, -0.2) is 36.9 Å². The van der Waals surface area contributed by atoms with E-state index in [1.54, 1.807) is 13.8 Å². The number of Topliss-reactive ketones (excluding diaryl/α,β-unsaturated/α-hetero) is 1. The van der Waals surface area contributed by atoms with E-state index in [1.807, 2.05) is 0 Å². The zero-order chi connectivity index (χ0) is 11.8. The summed E-state index contributed by atoms with van der Waals surface area (Å²) in [5, 5.41) is 0. The van der Waals surface area contributed by atoms with Crippen LogP contribution in [0.2, 0.25) is 0 Å². The number of rotatable bonds is 6. The fourth-order valence-electron chi connectivity index (χ4n) is 2.26. The van der Waals surface area contributed by atoms with E-state index >= 15 is 0 Å². The van der Waals surface area contributed by atoms with Gasteiger partial charge in [-0.25, -0.2) is 0 Å². The van der Waals surface area contributed by atoms with Gasteiger partial charge in [0.1, 0.15) is 11.7 Å². The van der Waals surface area contributed by atoms with Gasteiger partial charge in [-0.3, -0.25) is 9.36 Å². The predicted octanol–water partition coefficient (Wildman–Crippen LogP) is 1.75. The molecule has 0 N–H and O–H groups in total. The molecule has 1 saturated heterocycles. The van der Waals surface area contributed by atoms with Crippen molar-refractivity contribution in [1.82, 2.24) is 0 Å². The van der Waals surface area contributed by atoms with Crippen molar-refractivity contribution in [1.29, 1.82) is 0 Å². The molecule has 0 aromatic heterocycles. The highest BCUT2D eigenvalue weighted by Gasteiger charge is 2.66. The molecular weight excluding hydrogens is 231 g/mol. The average Bonchev–Trinajstić information content (AvgIpc) is 2.82. The Morgan fingerprint density at radius 3 is 2.44 bits per heavy atom. The van der Waals surface area contributed by atoms with Crippen molar-refractivity contribution in [3.63, 3.8) is 0 Å². The minimum Gasteiger partial charge on any atom is -0.357 e. The lowest BCUT2D eigenvalue weighted by atomic mass is 10.1. The first-order valence-electron chi connectivity index (χ1n) is 5.64. The largest absolute Gasteiger partial charge is 0.357 e. The van der Waals surface area contributed by atoms with Crippen LogP contribution in [0, 0.1) is 0 Å². The van der Waals surface area contributed by atoms with E-state index in [1.165, 1.54) is 0 Å². The summed E-state index contributed by atoms with van der Waals surface area (Å²) in [5.41, 5.74) is -0.545. The summed E-state index contributed by atoms with van der Waals surface area (Å²) >= 11 is 0. The Bertz CT molecular complexity index is 332. The van der Waals surface area contributed by atoms with E-state index < -0.39 is 13.2 Å². The van der Waals surface area contributed by atoms with E-state index in [0.717, 1.165) is 0 Å². The van der Waals surface area contributed by atoms with Gasteiger partial charge in [-0.2, -0.15) is 0 Å². The molecule has 1 saturated carbocycles. The molecule has 6 heteroatoms. The predicted molar refractivity (Wildman–Crippen MR) is 57.6 cm³/mol. The third-order valence-corrected chi connectivity index (χ3v) is 5.20. The van der Waals surface area contributed by atoms with Gasteiger partial charge < -0.3 is 13.8 Å². The quantitative estimate of drug-likeness (QED) is 0.529. The molecule has 92 valence electrons. The number of carbonyl (C=O) groups is 1. The summed E-state index contributed by atoms with van der Waals surface area (Å²) in [6.07, 6.45) is 1.00. The van der Waals surface area contributed by atoms with Crippen molar-refractivity contribution in [2.45, 2.75) is 38.4 Å². The smallest absolute Gasteiger partial charge is 0.333 e. The van der Waals surface area contributed by atoms with Crippen molar-refractivity contribution in [2.24, 2.45) is 0 Å². The molecule has 0 radical (unpaired) electrons. The third-order valence-electron chi connectivity index (χ3n) is 2.97. The normalized spacial score (nSPS) is 32.9. The van der Waals surface area contributed by atoms with Crippen LogP contribution in [-0.2, 0) is 23.1 Å². The van der Waals surface area contributed by atoms with Crippen LogP contribution in [0.5, 0.6) is 0 Å². The van der Waals surface area contributed by atoms with Crippen LogP contribution >= 0.6 is 7.60 Å². The third kappa shape index (κ3) is 2.09. The van der Waals surface area contributed by atoms with Crippen LogP contribution in [0.1, 0.15) is 26.7 Å². The Labute approximate surface area is 95.0 Å². The molecule has 0 aromatic carbocycles. The molecule has 1 aliphatic carbocycles. The average molecular weight is 248 g/mol. The second kappa shape index (κ2) is 4.22. The summed E-state index contributed by atoms with van der Waals surface area (Å²) in [4.78, 5) is 11.3. The molecule has 0 spiro atoms. The molecule has 0 aromatic rings. The van der Waals surface area contributed by atoms with E-state index in [4.69, 9.17) is 13.8 Å². The number of ether oxygens (including phenoxy) is 1. The lowest BCUT2D eigenvalue weighted by Gasteiger charge is -2.19. The van der Waals surface area contributed by atoms with Crippen molar-refractivity contribution >= 4 is 13.4 Å². The summed E-state index contributed by atoms with van der Waals surface area (Å²) < 4.78 is 28.0. The van der Waals surface area contributed by atoms with E-state index in [9.17, 15) is 9.36 Å². The maximum Gasteiger partial charge on any atom is 0.333 e. The standard InChI is InChI=1S/C10H17O5P/c1-3-13-16(12,14-4-2)7-10-6-5-8(11)9(10)15-10/h9H,3-7H2,1-2H3. The number of epoxide rings is 1. The summed E-state index contributed by atoms with van der Waals surface area (Å²) in [7, 11) is -3.10. The van der Waals surface area contributed by atoms with Crippen molar-refractivity contribution in [2.75, 3.05) is 19.4 Å². The summed E-state index contributed by atoms with van der Waals surface area (Å²) in [6.45, 7) is 4.22. The molecule has 16 heavy (non-hydrogen) atoms. The minimum atomic E-state index is -3.10. The van der Waals surface area contributed by atoms with Gasteiger partial charge in [0.25, 0.3) is 0 Å². The van der Waals surface area contributed by atoms with Gasteiger partial charge in [-0.1, -0.05) is 0 Å². The lowest BCUT2D eigenvalue weighted by molar-refractivity contribution is -0.120. The van der Waals surface area contributed by atoms with Gasteiger partial charge >= 0.3 is 7.60 Å². The summed E-state index contributed by atoms with van der Waals surface area (Å²) in [5.74, 6) is 0.111. The molecule has 1 aliphatic heterocycles. The minimum absolute atomic E-state index is 0.111. The fraction of sp³-hybridized carbons (Fsp3) is 0.900. The number of hydrogen-bond donors (Lipinski definition) is 0. The number of fused-ring (bicyclic) bond motifs is 1. The van der Waals surface area contributed by atoms with Gasteiger partial charge in [0.05, 0.1) is 19.4 Å². The van der Waals surface area contributed by atoms with Crippen LogP contribution < -0.4 is 0 Å². The first kappa shape index (κ1) is 12.2. The second-order valence-electron chi connectivity index (χ2n) is 4.13. The zero-order valence-electron chi connectivity index (χ0n) is 9.60. The van der Waals surface area contributed by atoms with Gasteiger partial charge in [0.2, 0.25) is 0 Å². The first-order chi connectivity index (χ1) is 7.55. The summed E-state index contributed by atoms with van der Waals surface area (Å²) in [6, 6.07) is 0. The molecule has 2 aliphatic rings. The number of hydrogen-bond acceptors (Lipinski definition) is 5. The van der Waals surface area contributed by atoms with Crippen molar-refractivity contribution < 1.29 is 23.1 Å². The maximum absolute atomic E-state index is 12.3. The van der Waals surface area contributed by atoms with Gasteiger partial charge in [-0.05, 0) is 20.3 Å². The Morgan fingerprint density at radius 2 is 2.06 bits per heavy atom. The maximum atomic E-state index is 12.3. The Balaban J connectivity index is 2.02. The van der Waals surface area contributed by atoms with E-state index in [-0.39, 0.29) is 18.0 Å². The molecule has 2 fully saturated rings. The Morgan fingerprint density at radius 1 is 1.44 bits per heavy atom. The van der Waals surface area contributed by atoms with E-state index in [0.29, 0.717) is 26.1 Å². The first-order valence-corrected chi connectivity index (χ1v) is 7.37.